The Morgan fingerprint density at radius 2 is 1.71 bits per heavy atom. The molecule has 1 N–H and O–H groups in total. The predicted octanol–water partition coefficient (Wildman–Crippen LogP) is 4.83. The van der Waals surface area contributed by atoms with Crippen molar-refractivity contribution in [3.05, 3.63) is 70.6 Å². The first kappa shape index (κ1) is 16.2. The number of nitrogens with zero attached hydrogens (tertiary/aromatic N) is 2. The topological polar surface area (TPSA) is 76.2 Å². The molecule has 5 nitrogen and oxygen atoms in total. The number of benzene rings is 2. The van der Waals surface area contributed by atoms with Gasteiger partial charge in [-0.2, -0.15) is 0 Å². The first-order valence-electron chi connectivity index (χ1n) is 6.83. The van der Waals surface area contributed by atoms with E-state index >= 15 is 0 Å². The summed E-state index contributed by atoms with van der Waals surface area (Å²) in [6.45, 7) is 0. The number of hydrogen-bond donors (Lipinski definition) is 1. The average Bonchev–Trinajstić information content (AvgIpc) is 3.06. The molecule has 0 saturated carbocycles. The highest BCUT2D eigenvalue weighted by Crippen LogP contribution is 2.26. The van der Waals surface area contributed by atoms with E-state index in [9.17, 15) is 4.79 Å². The minimum Gasteiger partial charge on any atom is -0.478 e. The first-order valence-corrected chi connectivity index (χ1v) is 7.59. The van der Waals surface area contributed by atoms with E-state index in [0.29, 0.717) is 10.9 Å². The quantitative estimate of drug-likeness (QED) is 0.721. The predicted molar refractivity (Wildman–Crippen MR) is 91.9 cm³/mol. The van der Waals surface area contributed by atoms with Gasteiger partial charge in [0.2, 0.25) is 5.89 Å². The van der Waals surface area contributed by atoms with Crippen LogP contribution in [-0.2, 0) is 0 Å². The van der Waals surface area contributed by atoms with Gasteiger partial charge in [-0.05, 0) is 48.0 Å². The van der Waals surface area contributed by atoms with Crippen LogP contribution in [-0.4, -0.2) is 21.3 Å². The molecule has 0 saturated heterocycles. The van der Waals surface area contributed by atoms with Crippen LogP contribution in [0.25, 0.3) is 22.6 Å². The molecule has 0 spiro atoms. The van der Waals surface area contributed by atoms with Crippen LogP contribution < -0.4 is 0 Å². The molecular formula is C17H10Cl2N2O3. The maximum Gasteiger partial charge on any atom is 0.335 e. The molecule has 0 aliphatic carbocycles. The van der Waals surface area contributed by atoms with Crippen LogP contribution in [0.4, 0.5) is 0 Å². The maximum absolute atomic E-state index is 10.8. The summed E-state index contributed by atoms with van der Waals surface area (Å²) in [5.74, 6) is -0.487. The summed E-state index contributed by atoms with van der Waals surface area (Å²) >= 11 is 12.0. The molecule has 3 aromatic rings. The number of hydrogen-bond acceptors (Lipinski definition) is 4. The first-order chi connectivity index (χ1) is 11.5. The third-order valence-electron chi connectivity index (χ3n) is 3.17. The number of aromatic carboxylic acids is 1. The van der Waals surface area contributed by atoms with Gasteiger partial charge in [-0.3, -0.25) is 0 Å². The van der Waals surface area contributed by atoms with Crippen molar-refractivity contribution in [2.45, 2.75) is 0 Å². The highest BCUT2D eigenvalue weighted by molar-refractivity contribution is 6.50. The zero-order chi connectivity index (χ0) is 17.1. The Kier molecular flexibility index (Phi) is 4.64. The summed E-state index contributed by atoms with van der Waals surface area (Å²) in [6.07, 6.45) is 1.62. The Labute approximate surface area is 147 Å². The van der Waals surface area contributed by atoms with E-state index in [1.165, 1.54) is 12.1 Å². The molecular weight excluding hydrogens is 351 g/mol. The lowest BCUT2D eigenvalue weighted by molar-refractivity contribution is 0.0697. The van der Waals surface area contributed by atoms with Crippen LogP contribution in [0.2, 0.25) is 5.02 Å². The number of carboxylic acids is 1. The molecule has 120 valence electrons. The summed E-state index contributed by atoms with van der Waals surface area (Å²) in [7, 11) is 0. The summed E-state index contributed by atoms with van der Waals surface area (Å²) in [6, 6.07) is 13.2. The van der Waals surface area contributed by atoms with Crippen molar-refractivity contribution < 1.29 is 14.3 Å². The Morgan fingerprint density at radius 1 is 1.04 bits per heavy atom. The molecule has 1 heterocycles. The van der Waals surface area contributed by atoms with Gasteiger partial charge in [0, 0.05) is 10.6 Å². The van der Waals surface area contributed by atoms with E-state index in [0.717, 1.165) is 11.1 Å². The van der Waals surface area contributed by atoms with Gasteiger partial charge in [0.15, 0.2) is 0 Å². The number of carbonyl (C=O) groups is 1. The zero-order valence-electron chi connectivity index (χ0n) is 12.1. The van der Waals surface area contributed by atoms with Crippen LogP contribution in [0.1, 0.15) is 21.8 Å². The number of aromatic nitrogens is 2. The lowest BCUT2D eigenvalue weighted by Crippen LogP contribution is -1.94. The van der Waals surface area contributed by atoms with Crippen molar-refractivity contribution in [3.63, 3.8) is 0 Å². The summed E-state index contributed by atoms with van der Waals surface area (Å²) in [5.41, 5.74) is 1.65. The Hall–Kier alpha value is -2.63. The highest BCUT2D eigenvalue weighted by Gasteiger charge is 2.11. The van der Waals surface area contributed by atoms with E-state index in [1.54, 1.807) is 42.5 Å². The molecule has 3 rings (SSSR count). The average molecular weight is 361 g/mol. The summed E-state index contributed by atoms with van der Waals surface area (Å²) < 4.78 is 5.55. The van der Waals surface area contributed by atoms with E-state index in [-0.39, 0.29) is 16.5 Å². The van der Waals surface area contributed by atoms with Gasteiger partial charge in [-0.15, -0.1) is 10.2 Å². The third-order valence-corrected chi connectivity index (χ3v) is 3.69. The smallest absolute Gasteiger partial charge is 0.335 e. The lowest BCUT2D eigenvalue weighted by atomic mass is 10.1. The Morgan fingerprint density at radius 3 is 2.33 bits per heavy atom. The second kappa shape index (κ2) is 6.86. The maximum atomic E-state index is 10.8. The fourth-order valence-corrected chi connectivity index (χ4v) is 2.29. The van der Waals surface area contributed by atoms with Gasteiger partial charge in [-0.1, -0.05) is 35.3 Å². The monoisotopic (exact) mass is 360 g/mol. The van der Waals surface area contributed by atoms with Crippen LogP contribution in [0, 0.1) is 0 Å². The van der Waals surface area contributed by atoms with Gasteiger partial charge in [0.25, 0.3) is 5.89 Å². The van der Waals surface area contributed by atoms with E-state index in [4.69, 9.17) is 32.7 Å². The summed E-state index contributed by atoms with van der Waals surface area (Å²) in [5, 5.41) is 17.6. The molecule has 7 heteroatoms. The van der Waals surface area contributed by atoms with Gasteiger partial charge >= 0.3 is 5.97 Å². The van der Waals surface area contributed by atoms with Crippen molar-refractivity contribution in [1.29, 1.82) is 0 Å². The SMILES string of the molecule is O=C(O)c1ccc(/C=C(\Cl)c2nnc(-c3ccc(Cl)cc3)o2)cc1. The Balaban J connectivity index is 1.83. The number of rotatable bonds is 4. The van der Waals surface area contributed by atoms with Crippen LogP contribution in [0.5, 0.6) is 0 Å². The van der Waals surface area contributed by atoms with E-state index in [2.05, 4.69) is 10.2 Å². The minimum atomic E-state index is -0.985. The van der Waals surface area contributed by atoms with Gasteiger partial charge in [0.1, 0.15) is 5.03 Å². The van der Waals surface area contributed by atoms with Gasteiger partial charge < -0.3 is 9.52 Å². The zero-order valence-corrected chi connectivity index (χ0v) is 13.6. The fourth-order valence-electron chi connectivity index (χ4n) is 1.96. The Bertz CT molecular complexity index is 900. The van der Waals surface area contributed by atoms with Gasteiger partial charge in [-0.25, -0.2) is 4.79 Å². The molecule has 0 aliphatic heterocycles. The van der Waals surface area contributed by atoms with Crippen molar-refractivity contribution >= 4 is 40.3 Å². The second-order valence-electron chi connectivity index (χ2n) is 4.84. The standard InChI is InChI=1S/C17H10Cl2N2O3/c18-13-7-5-11(6-8-13)15-20-21-16(24-15)14(19)9-10-1-3-12(4-2-10)17(22)23/h1-9H,(H,22,23)/b14-9-. The minimum absolute atomic E-state index is 0.170. The van der Waals surface area contributed by atoms with E-state index in [1.807, 2.05) is 0 Å². The van der Waals surface area contributed by atoms with Gasteiger partial charge in [0.05, 0.1) is 5.56 Å². The van der Waals surface area contributed by atoms with Crippen LogP contribution in [0.3, 0.4) is 0 Å². The van der Waals surface area contributed by atoms with E-state index < -0.39 is 5.97 Å². The van der Waals surface area contributed by atoms with Crippen molar-refractivity contribution in [2.24, 2.45) is 0 Å². The molecule has 0 atom stereocenters. The molecule has 24 heavy (non-hydrogen) atoms. The summed E-state index contributed by atoms with van der Waals surface area (Å²) in [4.78, 5) is 10.8. The fraction of sp³-hybridized carbons (Fsp3) is 0. The largest absolute Gasteiger partial charge is 0.478 e. The molecule has 0 fully saturated rings. The molecule has 1 aromatic heterocycles. The van der Waals surface area contributed by atoms with Crippen LogP contribution >= 0.6 is 23.2 Å². The molecule has 0 bridgehead atoms. The second-order valence-corrected chi connectivity index (χ2v) is 5.68. The molecule has 0 amide bonds. The molecule has 0 aliphatic rings. The molecule has 0 unspecified atom stereocenters. The lowest BCUT2D eigenvalue weighted by Gasteiger charge is -1.97. The molecule has 0 radical (unpaired) electrons. The van der Waals surface area contributed by atoms with Crippen molar-refractivity contribution in [1.82, 2.24) is 10.2 Å². The third kappa shape index (κ3) is 3.64. The highest BCUT2D eigenvalue weighted by atomic mass is 35.5. The molecule has 2 aromatic carbocycles. The number of carboxylic acid groups (broad SMARTS) is 1. The normalized spacial score (nSPS) is 11.5. The number of halogens is 2. The van der Waals surface area contributed by atoms with Crippen molar-refractivity contribution in [3.8, 4) is 11.5 Å². The van der Waals surface area contributed by atoms with Crippen LogP contribution in [0.15, 0.2) is 52.9 Å². The van der Waals surface area contributed by atoms with Crippen molar-refractivity contribution in [2.75, 3.05) is 0 Å².